The average Bonchev–Trinajstić information content (AvgIpc) is 2.47. The number of carbonyl (C=O) groups is 1. The number of hydrogen-bond acceptors (Lipinski definition) is 2. The summed E-state index contributed by atoms with van der Waals surface area (Å²) in [6.07, 6.45) is 2.33. The van der Waals surface area contributed by atoms with Gasteiger partial charge >= 0.3 is 0 Å². The number of rotatable bonds is 4. The van der Waals surface area contributed by atoms with Crippen LogP contribution in [0.25, 0.3) is 0 Å². The third-order valence-electron chi connectivity index (χ3n) is 4.03. The number of carbonyl (C=O) groups excluding carboxylic acids is 1. The third kappa shape index (κ3) is 3.79. The van der Waals surface area contributed by atoms with E-state index in [1.165, 1.54) is 12.1 Å². The summed E-state index contributed by atoms with van der Waals surface area (Å²) in [7, 11) is 0. The van der Waals surface area contributed by atoms with Crippen LogP contribution in [0.3, 0.4) is 0 Å². The molecule has 1 aliphatic heterocycles. The molecule has 20 heavy (non-hydrogen) atoms. The molecule has 110 valence electrons. The van der Waals surface area contributed by atoms with Crippen LogP contribution >= 0.6 is 0 Å². The van der Waals surface area contributed by atoms with Crippen LogP contribution in [0.5, 0.6) is 0 Å². The zero-order valence-corrected chi connectivity index (χ0v) is 11.9. The summed E-state index contributed by atoms with van der Waals surface area (Å²) < 4.78 is 13.2. The number of aliphatic hydroxyl groups excluding tert-OH is 1. The van der Waals surface area contributed by atoms with Gasteiger partial charge in [-0.05, 0) is 42.4 Å². The maximum absolute atomic E-state index is 13.2. The van der Waals surface area contributed by atoms with Crippen LogP contribution in [-0.4, -0.2) is 35.6 Å². The zero-order chi connectivity index (χ0) is 14.5. The Morgan fingerprint density at radius 3 is 3.05 bits per heavy atom. The van der Waals surface area contributed by atoms with Gasteiger partial charge in [0.05, 0.1) is 0 Å². The number of benzene rings is 1. The Kier molecular flexibility index (Phi) is 5.12. The Labute approximate surface area is 119 Å². The maximum Gasteiger partial charge on any atom is 0.223 e. The van der Waals surface area contributed by atoms with Gasteiger partial charge in [-0.15, -0.1) is 0 Å². The summed E-state index contributed by atoms with van der Waals surface area (Å²) in [6, 6.07) is 6.43. The molecule has 2 rings (SSSR count). The second-order valence-electron chi connectivity index (χ2n) is 5.69. The molecule has 2 unspecified atom stereocenters. The van der Waals surface area contributed by atoms with Gasteiger partial charge in [-0.25, -0.2) is 4.39 Å². The van der Waals surface area contributed by atoms with Crippen molar-refractivity contribution < 1.29 is 14.3 Å². The Balaban J connectivity index is 1.93. The van der Waals surface area contributed by atoms with Crippen LogP contribution in [0.4, 0.5) is 4.39 Å². The van der Waals surface area contributed by atoms with Gasteiger partial charge in [0.2, 0.25) is 5.91 Å². The van der Waals surface area contributed by atoms with E-state index in [1.807, 2.05) is 17.9 Å². The molecule has 4 heteroatoms. The lowest BCUT2D eigenvalue weighted by atomic mass is 9.95. The molecular weight excluding hydrogens is 257 g/mol. The van der Waals surface area contributed by atoms with Gasteiger partial charge in [0.1, 0.15) is 5.82 Å². The van der Waals surface area contributed by atoms with Crippen LogP contribution in [-0.2, 0) is 4.79 Å². The minimum Gasteiger partial charge on any atom is -0.396 e. The van der Waals surface area contributed by atoms with Gasteiger partial charge in [-0.3, -0.25) is 4.79 Å². The van der Waals surface area contributed by atoms with Gasteiger partial charge in [0.25, 0.3) is 0 Å². The van der Waals surface area contributed by atoms with E-state index in [0.29, 0.717) is 13.0 Å². The third-order valence-corrected chi connectivity index (χ3v) is 4.03. The lowest BCUT2D eigenvalue weighted by molar-refractivity contribution is -0.133. The van der Waals surface area contributed by atoms with Crippen molar-refractivity contribution in [2.75, 3.05) is 19.7 Å². The Morgan fingerprint density at radius 1 is 1.55 bits per heavy atom. The first-order valence-corrected chi connectivity index (χ1v) is 7.24. The molecule has 1 aliphatic rings. The summed E-state index contributed by atoms with van der Waals surface area (Å²) in [4.78, 5) is 14.1. The van der Waals surface area contributed by atoms with Crippen molar-refractivity contribution in [1.82, 2.24) is 4.90 Å². The average molecular weight is 279 g/mol. The molecule has 1 amide bonds. The van der Waals surface area contributed by atoms with Crippen LogP contribution < -0.4 is 0 Å². The van der Waals surface area contributed by atoms with Crippen LogP contribution in [0.15, 0.2) is 24.3 Å². The van der Waals surface area contributed by atoms with E-state index in [-0.39, 0.29) is 30.2 Å². The molecule has 0 saturated carbocycles. The van der Waals surface area contributed by atoms with Gasteiger partial charge < -0.3 is 10.0 Å². The molecule has 1 N–H and O–H groups in total. The fourth-order valence-electron chi connectivity index (χ4n) is 2.76. The minimum absolute atomic E-state index is 0.00713. The van der Waals surface area contributed by atoms with Gasteiger partial charge in [-0.2, -0.15) is 0 Å². The molecule has 1 saturated heterocycles. The van der Waals surface area contributed by atoms with Gasteiger partial charge in [0, 0.05) is 26.1 Å². The highest BCUT2D eigenvalue weighted by molar-refractivity contribution is 5.77. The summed E-state index contributed by atoms with van der Waals surface area (Å²) in [6.45, 7) is 3.50. The number of piperidine rings is 1. The largest absolute Gasteiger partial charge is 0.396 e. The van der Waals surface area contributed by atoms with E-state index in [4.69, 9.17) is 0 Å². The standard InChI is InChI=1S/C16H22FNO2/c1-12(14-5-2-6-15(17)9-14)8-16(20)18-7-3-4-13(10-18)11-19/h2,5-6,9,12-13,19H,3-4,7-8,10-11H2,1H3. The molecular formula is C16H22FNO2. The van der Waals surface area contributed by atoms with Gasteiger partial charge in [-0.1, -0.05) is 19.1 Å². The maximum atomic E-state index is 13.2. The first-order chi connectivity index (χ1) is 9.60. The molecule has 1 heterocycles. The minimum atomic E-state index is -0.264. The molecule has 0 spiro atoms. The van der Waals surface area contributed by atoms with Crippen molar-refractivity contribution in [3.63, 3.8) is 0 Å². The molecule has 0 bridgehead atoms. The predicted octanol–water partition coefficient (Wildman–Crippen LogP) is 2.55. The van der Waals surface area contributed by atoms with Crippen LogP contribution in [0.2, 0.25) is 0 Å². The highest BCUT2D eigenvalue weighted by Crippen LogP contribution is 2.23. The highest BCUT2D eigenvalue weighted by Gasteiger charge is 2.24. The summed E-state index contributed by atoms with van der Waals surface area (Å²) in [5, 5.41) is 9.20. The topological polar surface area (TPSA) is 40.5 Å². The Hall–Kier alpha value is -1.42. The zero-order valence-electron chi connectivity index (χ0n) is 11.9. The number of hydrogen-bond donors (Lipinski definition) is 1. The lowest BCUT2D eigenvalue weighted by Crippen LogP contribution is -2.41. The molecule has 1 aromatic rings. The number of amides is 1. The predicted molar refractivity (Wildman–Crippen MR) is 75.8 cm³/mol. The van der Waals surface area contributed by atoms with E-state index in [1.54, 1.807) is 6.07 Å². The normalized spacial score (nSPS) is 20.8. The molecule has 1 fully saturated rings. The highest BCUT2D eigenvalue weighted by atomic mass is 19.1. The first-order valence-electron chi connectivity index (χ1n) is 7.24. The molecule has 0 radical (unpaired) electrons. The van der Waals surface area contributed by atoms with Crippen molar-refractivity contribution in [2.24, 2.45) is 5.92 Å². The Morgan fingerprint density at radius 2 is 2.35 bits per heavy atom. The number of halogens is 1. The van der Waals surface area contributed by atoms with Crippen LogP contribution in [0, 0.1) is 11.7 Å². The SMILES string of the molecule is CC(CC(=O)N1CCCC(CO)C1)c1cccc(F)c1. The smallest absolute Gasteiger partial charge is 0.223 e. The van der Waals surface area contributed by atoms with Crippen molar-refractivity contribution >= 4 is 5.91 Å². The van der Waals surface area contributed by atoms with Crippen molar-refractivity contribution in [3.05, 3.63) is 35.6 Å². The Bertz CT molecular complexity index is 464. The van der Waals surface area contributed by atoms with E-state index >= 15 is 0 Å². The first kappa shape index (κ1) is 15.0. The molecule has 3 nitrogen and oxygen atoms in total. The van der Waals surface area contributed by atoms with E-state index in [2.05, 4.69) is 0 Å². The monoisotopic (exact) mass is 279 g/mol. The quantitative estimate of drug-likeness (QED) is 0.920. The molecule has 0 aliphatic carbocycles. The van der Waals surface area contributed by atoms with Crippen molar-refractivity contribution in [2.45, 2.75) is 32.1 Å². The van der Waals surface area contributed by atoms with E-state index in [0.717, 1.165) is 24.9 Å². The fourth-order valence-corrected chi connectivity index (χ4v) is 2.76. The van der Waals surface area contributed by atoms with Gasteiger partial charge in [0.15, 0.2) is 0 Å². The lowest BCUT2D eigenvalue weighted by Gasteiger charge is -2.32. The van der Waals surface area contributed by atoms with E-state index < -0.39 is 0 Å². The number of nitrogens with zero attached hydrogens (tertiary/aromatic N) is 1. The second kappa shape index (κ2) is 6.84. The summed E-state index contributed by atoms with van der Waals surface area (Å²) in [5.74, 6) is 0.0462. The molecule has 0 aromatic heterocycles. The van der Waals surface area contributed by atoms with E-state index in [9.17, 15) is 14.3 Å². The number of likely N-dealkylation sites (tertiary alicyclic amines) is 1. The van der Waals surface area contributed by atoms with Crippen LogP contribution in [0.1, 0.15) is 37.7 Å². The van der Waals surface area contributed by atoms with Crippen molar-refractivity contribution in [1.29, 1.82) is 0 Å². The summed E-state index contributed by atoms with van der Waals surface area (Å²) in [5.41, 5.74) is 0.856. The number of aliphatic hydroxyl groups is 1. The fraction of sp³-hybridized carbons (Fsp3) is 0.562. The molecule has 2 atom stereocenters. The second-order valence-corrected chi connectivity index (χ2v) is 5.69. The summed E-state index contributed by atoms with van der Waals surface area (Å²) >= 11 is 0. The van der Waals surface area contributed by atoms with Crippen molar-refractivity contribution in [3.8, 4) is 0 Å². The molecule has 1 aromatic carbocycles.